The summed E-state index contributed by atoms with van der Waals surface area (Å²) in [6, 6.07) is 7.11. The van der Waals surface area contributed by atoms with E-state index in [4.69, 9.17) is 0 Å². The number of halogens is 1. The Bertz CT molecular complexity index is 508. The Kier molecular flexibility index (Phi) is 4.93. The highest BCUT2D eigenvalue weighted by atomic mass is 19.1. The van der Waals surface area contributed by atoms with Crippen LogP contribution in [-0.2, 0) is 6.54 Å². The van der Waals surface area contributed by atoms with Gasteiger partial charge < -0.3 is 9.80 Å². The maximum absolute atomic E-state index is 13.7. The highest BCUT2D eigenvalue weighted by Crippen LogP contribution is 2.15. The van der Waals surface area contributed by atoms with E-state index >= 15 is 0 Å². The summed E-state index contributed by atoms with van der Waals surface area (Å²) < 4.78 is 13.7. The molecule has 22 heavy (non-hydrogen) atoms. The number of hydrogen-bond donors (Lipinski definition) is 0. The van der Waals surface area contributed by atoms with E-state index in [0.717, 1.165) is 57.7 Å². The van der Waals surface area contributed by atoms with Crippen LogP contribution >= 0.6 is 0 Å². The molecule has 5 heteroatoms. The van der Waals surface area contributed by atoms with Gasteiger partial charge >= 0.3 is 6.03 Å². The molecule has 2 amide bonds. The van der Waals surface area contributed by atoms with Crippen LogP contribution in [0, 0.1) is 5.82 Å². The summed E-state index contributed by atoms with van der Waals surface area (Å²) in [6.07, 6.45) is 3.48. The van der Waals surface area contributed by atoms with Crippen LogP contribution in [0.15, 0.2) is 24.3 Å². The largest absolute Gasteiger partial charge is 0.325 e. The molecule has 0 saturated carbocycles. The number of rotatable bonds is 2. The second kappa shape index (κ2) is 7.09. The van der Waals surface area contributed by atoms with Crippen LogP contribution in [0.5, 0.6) is 0 Å². The first-order valence-electron chi connectivity index (χ1n) is 8.23. The molecule has 1 aromatic carbocycles. The summed E-state index contributed by atoms with van der Waals surface area (Å²) in [5, 5.41) is 0. The third kappa shape index (κ3) is 3.58. The molecule has 120 valence electrons. The number of amides is 2. The van der Waals surface area contributed by atoms with Crippen molar-refractivity contribution in [3.63, 3.8) is 0 Å². The van der Waals surface area contributed by atoms with Gasteiger partial charge in [0.15, 0.2) is 0 Å². The number of carbonyl (C=O) groups is 1. The third-order valence-corrected chi connectivity index (χ3v) is 4.62. The standard InChI is InChI=1S/C17H24FN3O/c18-16-7-3-2-6-15(16)14-19-10-12-21(13-11-19)17(22)20-8-4-1-5-9-20/h2-3,6-7H,1,4-5,8-14H2. The molecule has 0 bridgehead atoms. The molecular formula is C17H24FN3O. The maximum atomic E-state index is 13.7. The molecular weight excluding hydrogens is 281 g/mol. The summed E-state index contributed by atoms with van der Waals surface area (Å²) in [5.41, 5.74) is 0.735. The van der Waals surface area contributed by atoms with E-state index in [1.807, 2.05) is 21.9 Å². The lowest BCUT2D eigenvalue weighted by atomic mass is 10.1. The van der Waals surface area contributed by atoms with Crippen LogP contribution in [0.4, 0.5) is 9.18 Å². The van der Waals surface area contributed by atoms with Gasteiger partial charge in [-0.1, -0.05) is 18.2 Å². The molecule has 0 unspecified atom stereocenters. The Morgan fingerprint density at radius 1 is 0.909 bits per heavy atom. The van der Waals surface area contributed by atoms with Crippen molar-refractivity contribution in [3.8, 4) is 0 Å². The Labute approximate surface area is 131 Å². The van der Waals surface area contributed by atoms with E-state index in [2.05, 4.69) is 4.90 Å². The van der Waals surface area contributed by atoms with E-state index in [1.165, 1.54) is 12.5 Å². The molecule has 0 aromatic heterocycles. The van der Waals surface area contributed by atoms with Gasteiger partial charge in [-0.05, 0) is 25.3 Å². The first-order valence-corrected chi connectivity index (χ1v) is 8.23. The first kappa shape index (κ1) is 15.3. The van der Waals surface area contributed by atoms with Crippen molar-refractivity contribution < 1.29 is 9.18 Å². The molecule has 2 fully saturated rings. The Hall–Kier alpha value is -1.62. The smallest absolute Gasteiger partial charge is 0.320 e. The zero-order chi connectivity index (χ0) is 15.4. The number of nitrogens with zero attached hydrogens (tertiary/aromatic N) is 3. The quantitative estimate of drug-likeness (QED) is 0.839. The van der Waals surface area contributed by atoms with Gasteiger partial charge in [0, 0.05) is 51.4 Å². The number of urea groups is 1. The van der Waals surface area contributed by atoms with Crippen LogP contribution in [-0.4, -0.2) is 60.0 Å². The maximum Gasteiger partial charge on any atom is 0.320 e. The number of piperidine rings is 1. The monoisotopic (exact) mass is 305 g/mol. The van der Waals surface area contributed by atoms with Crippen molar-refractivity contribution in [2.24, 2.45) is 0 Å². The predicted molar refractivity (Wildman–Crippen MR) is 84.1 cm³/mol. The van der Waals surface area contributed by atoms with Crippen molar-refractivity contribution in [2.45, 2.75) is 25.8 Å². The van der Waals surface area contributed by atoms with Crippen LogP contribution < -0.4 is 0 Å². The van der Waals surface area contributed by atoms with E-state index in [-0.39, 0.29) is 11.8 Å². The number of carbonyl (C=O) groups excluding carboxylic acids is 1. The Morgan fingerprint density at radius 2 is 1.55 bits per heavy atom. The molecule has 4 nitrogen and oxygen atoms in total. The Morgan fingerprint density at radius 3 is 2.23 bits per heavy atom. The number of benzene rings is 1. The van der Waals surface area contributed by atoms with E-state index in [9.17, 15) is 9.18 Å². The zero-order valence-electron chi connectivity index (χ0n) is 13.0. The molecule has 0 radical (unpaired) electrons. The van der Waals surface area contributed by atoms with Crippen LogP contribution in [0.3, 0.4) is 0 Å². The summed E-state index contributed by atoms with van der Waals surface area (Å²) in [4.78, 5) is 18.6. The van der Waals surface area contributed by atoms with Crippen LogP contribution in [0.2, 0.25) is 0 Å². The zero-order valence-corrected chi connectivity index (χ0v) is 13.0. The fourth-order valence-electron chi connectivity index (χ4n) is 3.25. The summed E-state index contributed by atoms with van der Waals surface area (Å²) >= 11 is 0. The van der Waals surface area contributed by atoms with Gasteiger partial charge in [0.05, 0.1) is 0 Å². The fraction of sp³-hybridized carbons (Fsp3) is 0.588. The first-order chi connectivity index (χ1) is 10.7. The minimum atomic E-state index is -0.144. The van der Waals surface area contributed by atoms with E-state index < -0.39 is 0 Å². The molecule has 2 aliphatic rings. The molecule has 3 rings (SSSR count). The highest BCUT2D eigenvalue weighted by molar-refractivity contribution is 5.74. The third-order valence-electron chi connectivity index (χ3n) is 4.62. The van der Waals surface area contributed by atoms with Gasteiger partial charge in [-0.25, -0.2) is 9.18 Å². The van der Waals surface area contributed by atoms with Gasteiger partial charge in [-0.2, -0.15) is 0 Å². The normalized spacial score (nSPS) is 20.2. The summed E-state index contributed by atoms with van der Waals surface area (Å²) in [7, 11) is 0. The highest BCUT2D eigenvalue weighted by Gasteiger charge is 2.26. The number of hydrogen-bond acceptors (Lipinski definition) is 2. The van der Waals surface area contributed by atoms with Crippen molar-refractivity contribution in [1.82, 2.24) is 14.7 Å². The van der Waals surface area contributed by atoms with Gasteiger partial charge in [-0.15, -0.1) is 0 Å². The fourth-order valence-corrected chi connectivity index (χ4v) is 3.25. The molecule has 2 heterocycles. The van der Waals surface area contributed by atoms with E-state index in [1.54, 1.807) is 6.07 Å². The average Bonchev–Trinajstić information content (AvgIpc) is 2.58. The van der Waals surface area contributed by atoms with Crippen LogP contribution in [0.25, 0.3) is 0 Å². The second-order valence-electron chi connectivity index (χ2n) is 6.18. The summed E-state index contributed by atoms with van der Waals surface area (Å²) in [6.45, 7) is 5.52. The van der Waals surface area contributed by atoms with E-state index in [0.29, 0.717) is 6.54 Å². The lowest BCUT2D eigenvalue weighted by Crippen LogP contribution is -2.53. The lowest BCUT2D eigenvalue weighted by Gasteiger charge is -2.38. The molecule has 0 spiro atoms. The van der Waals surface area contributed by atoms with Gasteiger partial charge in [0.25, 0.3) is 0 Å². The van der Waals surface area contributed by atoms with Crippen molar-refractivity contribution in [3.05, 3.63) is 35.6 Å². The SMILES string of the molecule is O=C(N1CCCCC1)N1CCN(Cc2ccccc2F)CC1. The van der Waals surface area contributed by atoms with Crippen LogP contribution in [0.1, 0.15) is 24.8 Å². The minimum Gasteiger partial charge on any atom is -0.325 e. The molecule has 2 saturated heterocycles. The van der Waals surface area contributed by atoms with Crippen molar-refractivity contribution in [1.29, 1.82) is 0 Å². The lowest BCUT2D eigenvalue weighted by molar-refractivity contribution is 0.104. The van der Waals surface area contributed by atoms with Crippen molar-refractivity contribution in [2.75, 3.05) is 39.3 Å². The predicted octanol–water partition coefficient (Wildman–Crippen LogP) is 2.55. The topological polar surface area (TPSA) is 26.8 Å². The van der Waals surface area contributed by atoms with Gasteiger partial charge in [0.2, 0.25) is 0 Å². The number of piperazine rings is 1. The molecule has 0 aliphatic carbocycles. The van der Waals surface area contributed by atoms with Gasteiger partial charge in [0.1, 0.15) is 5.82 Å². The molecule has 0 N–H and O–H groups in total. The second-order valence-corrected chi connectivity index (χ2v) is 6.18. The number of likely N-dealkylation sites (tertiary alicyclic amines) is 1. The minimum absolute atomic E-state index is 0.144. The average molecular weight is 305 g/mol. The summed E-state index contributed by atoms with van der Waals surface area (Å²) in [5.74, 6) is -0.144. The molecule has 2 aliphatic heterocycles. The Balaban J connectivity index is 1.50. The van der Waals surface area contributed by atoms with Crippen molar-refractivity contribution >= 4 is 6.03 Å². The molecule has 0 atom stereocenters. The molecule has 1 aromatic rings. The van der Waals surface area contributed by atoms with Gasteiger partial charge in [-0.3, -0.25) is 4.90 Å².